The van der Waals surface area contributed by atoms with Crippen LogP contribution in [-0.4, -0.2) is 41.3 Å². The van der Waals surface area contributed by atoms with E-state index < -0.39 is 0 Å². The van der Waals surface area contributed by atoms with E-state index in [-0.39, 0.29) is 12.4 Å². The molecule has 0 aromatic carbocycles. The molecule has 6 nitrogen and oxygen atoms in total. The highest BCUT2D eigenvalue weighted by atomic mass is 35.5. The molecule has 1 aliphatic heterocycles. The topological polar surface area (TPSA) is 67.1 Å². The monoisotopic (exact) mass is 351 g/mol. The normalized spacial score (nSPS) is 16.3. The summed E-state index contributed by atoms with van der Waals surface area (Å²) in [5.74, 6) is 2.30. The van der Waals surface area contributed by atoms with Gasteiger partial charge >= 0.3 is 0 Å². The van der Waals surface area contributed by atoms with Crippen molar-refractivity contribution in [2.45, 2.75) is 45.1 Å². The van der Waals surface area contributed by atoms with Gasteiger partial charge in [0.25, 0.3) is 5.89 Å². The van der Waals surface area contributed by atoms with Crippen molar-refractivity contribution in [3.05, 3.63) is 24.2 Å². The number of halogens is 1. The zero-order valence-corrected chi connectivity index (χ0v) is 15.2. The molecule has 1 saturated heterocycles. The van der Waals surface area contributed by atoms with Gasteiger partial charge in [0.15, 0.2) is 5.82 Å². The summed E-state index contributed by atoms with van der Waals surface area (Å²) in [6, 6.07) is 4.40. The maximum absolute atomic E-state index is 5.36. The van der Waals surface area contributed by atoms with E-state index in [1.807, 2.05) is 19.3 Å². The van der Waals surface area contributed by atoms with Crippen LogP contribution >= 0.6 is 12.4 Å². The maximum Gasteiger partial charge on any atom is 0.259 e. The van der Waals surface area contributed by atoms with E-state index >= 15 is 0 Å². The third-order valence-electron chi connectivity index (χ3n) is 4.37. The van der Waals surface area contributed by atoms with Crippen LogP contribution in [0.3, 0.4) is 0 Å². The Hall–Kier alpha value is -1.66. The van der Waals surface area contributed by atoms with Gasteiger partial charge in [0.2, 0.25) is 0 Å². The fraction of sp³-hybridized carbons (Fsp3) is 0.588. The molecule has 132 valence electrons. The van der Waals surface area contributed by atoms with Crippen molar-refractivity contribution in [2.75, 3.05) is 25.0 Å². The molecule has 0 bridgehead atoms. The Morgan fingerprint density at radius 2 is 1.96 bits per heavy atom. The molecule has 7 heteroatoms. The lowest BCUT2D eigenvalue weighted by Crippen LogP contribution is -2.24. The summed E-state index contributed by atoms with van der Waals surface area (Å²) >= 11 is 0. The highest BCUT2D eigenvalue weighted by molar-refractivity contribution is 5.85. The van der Waals surface area contributed by atoms with Crippen molar-refractivity contribution >= 4 is 18.2 Å². The lowest BCUT2D eigenvalue weighted by Gasteiger charge is -2.21. The maximum atomic E-state index is 5.36. The molecular weight excluding hydrogens is 326 g/mol. The molecule has 0 amide bonds. The van der Waals surface area contributed by atoms with E-state index in [9.17, 15) is 0 Å². The van der Waals surface area contributed by atoms with Crippen LogP contribution < -0.4 is 10.2 Å². The third-order valence-corrected chi connectivity index (χ3v) is 4.37. The van der Waals surface area contributed by atoms with Gasteiger partial charge in [0, 0.05) is 31.7 Å². The number of rotatable bonds is 5. The number of hydrogen-bond acceptors (Lipinski definition) is 6. The highest BCUT2D eigenvalue weighted by Gasteiger charge is 2.14. The molecule has 0 radical (unpaired) electrons. The number of hydrogen-bond donors (Lipinski definition) is 1. The molecule has 1 aliphatic rings. The lowest BCUT2D eigenvalue weighted by atomic mass is 10.2. The number of pyridine rings is 1. The van der Waals surface area contributed by atoms with Gasteiger partial charge in [-0.25, -0.2) is 4.98 Å². The number of nitrogens with zero attached hydrogens (tertiary/aromatic N) is 4. The second-order valence-corrected chi connectivity index (χ2v) is 6.22. The summed E-state index contributed by atoms with van der Waals surface area (Å²) in [4.78, 5) is 11.4. The largest absolute Gasteiger partial charge is 0.357 e. The molecule has 3 heterocycles. The number of likely N-dealkylation sites (N-methyl/N-ethyl adjacent to an activating group) is 1. The predicted molar refractivity (Wildman–Crippen MR) is 97.7 cm³/mol. The fourth-order valence-electron chi connectivity index (χ4n) is 2.83. The molecule has 1 atom stereocenters. The van der Waals surface area contributed by atoms with Gasteiger partial charge in [-0.3, -0.25) is 0 Å². The summed E-state index contributed by atoms with van der Waals surface area (Å²) in [6.07, 6.45) is 7.73. The van der Waals surface area contributed by atoms with Gasteiger partial charge < -0.3 is 14.7 Å². The summed E-state index contributed by atoms with van der Waals surface area (Å²) in [6.45, 7) is 4.28. The standard InChI is InChI=1S/C17H25N5O.ClH/c1-13(18-2)11-15-20-17(23-21-15)14-7-8-16(19-12-14)22-9-5-3-4-6-10-22;/h7-8,12-13,18H,3-6,9-11H2,1-2H3;1H. The number of anilines is 1. The second kappa shape index (κ2) is 8.99. The van der Waals surface area contributed by atoms with Crippen LogP contribution in [-0.2, 0) is 6.42 Å². The Kier molecular flexibility index (Phi) is 6.99. The zero-order chi connectivity index (χ0) is 16.1. The van der Waals surface area contributed by atoms with Gasteiger partial charge in [-0.15, -0.1) is 12.4 Å². The molecule has 1 fully saturated rings. The van der Waals surface area contributed by atoms with Crippen molar-refractivity contribution in [3.8, 4) is 11.5 Å². The summed E-state index contributed by atoms with van der Waals surface area (Å²) in [5.41, 5.74) is 0.874. The van der Waals surface area contributed by atoms with Crippen LogP contribution in [0.4, 0.5) is 5.82 Å². The Balaban J connectivity index is 0.00000208. The Morgan fingerprint density at radius 1 is 1.21 bits per heavy atom. The van der Waals surface area contributed by atoms with Crippen molar-refractivity contribution < 1.29 is 4.52 Å². The minimum atomic E-state index is 0. The average molecular weight is 352 g/mol. The van der Waals surface area contributed by atoms with Gasteiger partial charge in [0.05, 0.1) is 5.56 Å². The SMILES string of the molecule is CNC(C)Cc1noc(-c2ccc(N3CCCCCC3)nc2)n1.Cl. The smallest absolute Gasteiger partial charge is 0.259 e. The van der Waals surface area contributed by atoms with Gasteiger partial charge in [-0.1, -0.05) is 18.0 Å². The van der Waals surface area contributed by atoms with Crippen LogP contribution in [0.2, 0.25) is 0 Å². The lowest BCUT2D eigenvalue weighted by molar-refractivity contribution is 0.418. The summed E-state index contributed by atoms with van der Waals surface area (Å²) in [7, 11) is 1.93. The zero-order valence-electron chi connectivity index (χ0n) is 14.4. The Morgan fingerprint density at radius 3 is 2.58 bits per heavy atom. The highest BCUT2D eigenvalue weighted by Crippen LogP contribution is 2.21. The predicted octanol–water partition coefficient (Wildman–Crippen LogP) is 3.08. The van der Waals surface area contributed by atoms with Crippen LogP contribution in [0.5, 0.6) is 0 Å². The quantitative estimate of drug-likeness (QED) is 0.892. The van der Waals surface area contributed by atoms with Crippen LogP contribution in [0.25, 0.3) is 11.5 Å². The van der Waals surface area contributed by atoms with Crippen molar-refractivity contribution in [1.82, 2.24) is 20.4 Å². The molecular formula is C17H26ClN5O. The number of nitrogens with one attached hydrogen (secondary N) is 1. The van der Waals surface area contributed by atoms with E-state index in [2.05, 4.69) is 38.3 Å². The molecule has 0 spiro atoms. The molecule has 0 aliphatic carbocycles. The first-order valence-electron chi connectivity index (χ1n) is 8.47. The Bertz CT molecular complexity index is 608. The van der Waals surface area contributed by atoms with E-state index in [4.69, 9.17) is 4.52 Å². The van der Waals surface area contributed by atoms with Gasteiger partial charge in [-0.05, 0) is 38.9 Å². The van der Waals surface area contributed by atoms with E-state index in [0.29, 0.717) is 11.9 Å². The van der Waals surface area contributed by atoms with Gasteiger partial charge in [0.1, 0.15) is 5.82 Å². The van der Waals surface area contributed by atoms with E-state index in [0.717, 1.165) is 36.7 Å². The first-order chi connectivity index (χ1) is 11.3. The minimum Gasteiger partial charge on any atom is -0.357 e. The van der Waals surface area contributed by atoms with Gasteiger partial charge in [-0.2, -0.15) is 4.98 Å². The Labute approximate surface area is 149 Å². The fourth-order valence-corrected chi connectivity index (χ4v) is 2.83. The molecule has 0 saturated carbocycles. The van der Waals surface area contributed by atoms with Crippen LogP contribution in [0.15, 0.2) is 22.9 Å². The summed E-state index contributed by atoms with van der Waals surface area (Å²) < 4.78 is 5.36. The first-order valence-corrected chi connectivity index (χ1v) is 8.47. The molecule has 1 unspecified atom stereocenters. The van der Waals surface area contributed by atoms with E-state index in [1.54, 1.807) is 0 Å². The molecule has 2 aromatic heterocycles. The van der Waals surface area contributed by atoms with Crippen molar-refractivity contribution in [1.29, 1.82) is 0 Å². The second-order valence-electron chi connectivity index (χ2n) is 6.22. The molecule has 24 heavy (non-hydrogen) atoms. The molecule has 2 aromatic rings. The summed E-state index contributed by atoms with van der Waals surface area (Å²) in [5, 5.41) is 7.21. The molecule has 3 rings (SSSR count). The van der Waals surface area contributed by atoms with E-state index in [1.165, 1.54) is 25.7 Å². The minimum absolute atomic E-state index is 0. The van der Waals surface area contributed by atoms with Crippen LogP contribution in [0.1, 0.15) is 38.4 Å². The van der Waals surface area contributed by atoms with Crippen molar-refractivity contribution in [2.24, 2.45) is 0 Å². The average Bonchev–Trinajstić information content (AvgIpc) is 2.87. The number of aromatic nitrogens is 3. The third kappa shape index (κ3) is 4.68. The van der Waals surface area contributed by atoms with Crippen LogP contribution in [0, 0.1) is 0 Å². The first kappa shape index (κ1) is 18.7. The van der Waals surface area contributed by atoms with Crippen molar-refractivity contribution in [3.63, 3.8) is 0 Å². The molecule has 1 N–H and O–H groups in total.